The molecule has 1 aliphatic heterocycles. The van der Waals surface area contributed by atoms with Crippen molar-refractivity contribution >= 4 is 11.6 Å². The van der Waals surface area contributed by atoms with E-state index < -0.39 is 17.0 Å². The van der Waals surface area contributed by atoms with Gasteiger partial charge in [0.1, 0.15) is 0 Å². The Morgan fingerprint density at radius 1 is 1.45 bits per heavy atom. The lowest BCUT2D eigenvalue weighted by atomic mass is 9.76. The van der Waals surface area contributed by atoms with Crippen molar-refractivity contribution in [1.29, 1.82) is 0 Å². The second-order valence-electron chi connectivity index (χ2n) is 5.37. The zero-order valence-corrected chi connectivity index (χ0v) is 11.6. The lowest BCUT2D eigenvalue weighted by Gasteiger charge is -2.36. The van der Waals surface area contributed by atoms with Crippen molar-refractivity contribution in [3.63, 3.8) is 0 Å². The fourth-order valence-electron chi connectivity index (χ4n) is 2.82. The average Bonchev–Trinajstić information content (AvgIpc) is 2.45. The summed E-state index contributed by atoms with van der Waals surface area (Å²) in [6.07, 6.45) is 3.30. The van der Waals surface area contributed by atoms with Gasteiger partial charge in [-0.15, -0.1) is 0 Å². The van der Waals surface area contributed by atoms with Crippen LogP contribution in [-0.2, 0) is 4.79 Å². The monoisotopic (exact) mass is 282 g/mol. The summed E-state index contributed by atoms with van der Waals surface area (Å²) in [5.74, 6) is -2.18. The van der Waals surface area contributed by atoms with Crippen molar-refractivity contribution in [1.82, 2.24) is 5.32 Å². The van der Waals surface area contributed by atoms with E-state index in [1.165, 1.54) is 12.1 Å². The van der Waals surface area contributed by atoms with Crippen LogP contribution in [0.15, 0.2) is 18.2 Å². The van der Waals surface area contributed by atoms with Gasteiger partial charge in [-0.1, -0.05) is 19.4 Å². The first-order valence-electron chi connectivity index (χ1n) is 7.05. The minimum Gasteiger partial charge on any atom is -0.323 e. The molecule has 1 heterocycles. The Morgan fingerprint density at radius 2 is 2.25 bits per heavy atom. The molecule has 0 spiro atoms. The van der Waals surface area contributed by atoms with Gasteiger partial charge in [-0.3, -0.25) is 4.79 Å². The number of carbonyl (C=O) groups is 1. The van der Waals surface area contributed by atoms with Gasteiger partial charge in [0, 0.05) is 6.54 Å². The van der Waals surface area contributed by atoms with Crippen LogP contribution in [0.3, 0.4) is 0 Å². The van der Waals surface area contributed by atoms with E-state index in [1.807, 2.05) is 6.92 Å². The van der Waals surface area contributed by atoms with Crippen LogP contribution in [0, 0.1) is 17.0 Å². The highest BCUT2D eigenvalue weighted by molar-refractivity contribution is 5.95. The number of nitrogens with one attached hydrogen (secondary N) is 2. The van der Waals surface area contributed by atoms with Gasteiger partial charge >= 0.3 is 0 Å². The van der Waals surface area contributed by atoms with Gasteiger partial charge in [0.15, 0.2) is 11.6 Å². The normalized spacial score (nSPS) is 22.6. The first-order chi connectivity index (χ1) is 9.59. The van der Waals surface area contributed by atoms with Gasteiger partial charge in [0.25, 0.3) is 0 Å². The smallest absolute Gasteiger partial charge is 0.231 e. The molecule has 1 fully saturated rings. The summed E-state index contributed by atoms with van der Waals surface area (Å²) in [4.78, 5) is 12.5. The van der Waals surface area contributed by atoms with Gasteiger partial charge in [0.05, 0.1) is 11.1 Å². The minimum absolute atomic E-state index is 0.0870. The summed E-state index contributed by atoms with van der Waals surface area (Å²) >= 11 is 0. The standard InChI is InChI=1S/C15H20F2N2O/c1-2-7-15(8-4-9-18-10-15)14(20)19-12-6-3-5-11(16)13(12)17/h3,5-6,18H,2,4,7-10H2,1H3,(H,19,20). The highest BCUT2D eigenvalue weighted by Gasteiger charge is 2.38. The molecule has 2 rings (SSSR count). The minimum atomic E-state index is -1.00. The van der Waals surface area contributed by atoms with Gasteiger partial charge in [0.2, 0.25) is 5.91 Å². The third-order valence-electron chi connectivity index (χ3n) is 3.88. The van der Waals surface area contributed by atoms with Gasteiger partial charge in [-0.25, -0.2) is 8.78 Å². The fourth-order valence-corrected chi connectivity index (χ4v) is 2.82. The van der Waals surface area contributed by atoms with Crippen LogP contribution in [0.4, 0.5) is 14.5 Å². The van der Waals surface area contributed by atoms with Crippen LogP contribution >= 0.6 is 0 Å². The van der Waals surface area contributed by atoms with Crippen molar-refractivity contribution < 1.29 is 13.6 Å². The maximum absolute atomic E-state index is 13.6. The molecule has 110 valence electrons. The average molecular weight is 282 g/mol. The van der Waals surface area contributed by atoms with Crippen LogP contribution in [0.5, 0.6) is 0 Å². The number of hydrogen-bond acceptors (Lipinski definition) is 2. The van der Waals surface area contributed by atoms with E-state index in [0.29, 0.717) is 6.54 Å². The van der Waals surface area contributed by atoms with Crippen molar-refractivity contribution in [3.05, 3.63) is 29.8 Å². The molecule has 1 aliphatic rings. The molecule has 0 bridgehead atoms. The zero-order chi connectivity index (χ0) is 14.6. The maximum Gasteiger partial charge on any atom is 0.231 e. The second-order valence-corrected chi connectivity index (χ2v) is 5.37. The first kappa shape index (κ1) is 14.9. The molecule has 1 amide bonds. The van der Waals surface area contributed by atoms with Crippen LogP contribution in [0.1, 0.15) is 32.6 Å². The summed E-state index contributed by atoms with van der Waals surface area (Å²) in [5, 5.41) is 5.78. The first-order valence-corrected chi connectivity index (χ1v) is 7.05. The summed E-state index contributed by atoms with van der Waals surface area (Å²) < 4.78 is 26.8. The van der Waals surface area contributed by atoms with Crippen molar-refractivity contribution in [2.24, 2.45) is 5.41 Å². The quantitative estimate of drug-likeness (QED) is 0.891. The highest BCUT2D eigenvalue weighted by Crippen LogP contribution is 2.33. The largest absolute Gasteiger partial charge is 0.323 e. The molecule has 3 nitrogen and oxygen atoms in total. The third kappa shape index (κ3) is 2.98. The van der Waals surface area contributed by atoms with Crippen LogP contribution in [0.2, 0.25) is 0 Å². The van der Waals surface area contributed by atoms with Crippen LogP contribution in [-0.4, -0.2) is 19.0 Å². The SMILES string of the molecule is CCCC1(C(=O)Nc2cccc(F)c2F)CCCNC1. The number of carbonyl (C=O) groups excluding carboxylic acids is 1. The number of anilines is 1. The molecule has 1 atom stereocenters. The highest BCUT2D eigenvalue weighted by atomic mass is 19.2. The number of piperidine rings is 1. The Morgan fingerprint density at radius 3 is 2.90 bits per heavy atom. The maximum atomic E-state index is 13.6. The molecule has 1 aromatic carbocycles. The van der Waals surface area contributed by atoms with Crippen molar-refractivity contribution in [3.8, 4) is 0 Å². The number of rotatable bonds is 4. The van der Waals surface area contributed by atoms with Gasteiger partial charge in [-0.05, 0) is 37.9 Å². The lowest BCUT2D eigenvalue weighted by Crippen LogP contribution is -2.48. The molecule has 0 aliphatic carbocycles. The summed E-state index contributed by atoms with van der Waals surface area (Å²) in [5.41, 5.74) is -0.609. The van der Waals surface area contributed by atoms with Crippen molar-refractivity contribution in [2.75, 3.05) is 18.4 Å². The Balaban J connectivity index is 2.18. The molecule has 0 saturated carbocycles. The van der Waals surface area contributed by atoms with E-state index in [4.69, 9.17) is 0 Å². The summed E-state index contributed by atoms with van der Waals surface area (Å²) in [7, 11) is 0. The molecule has 5 heteroatoms. The number of hydrogen-bond donors (Lipinski definition) is 2. The summed E-state index contributed by atoms with van der Waals surface area (Å²) in [6.45, 7) is 3.50. The van der Waals surface area contributed by atoms with Gasteiger partial charge in [-0.2, -0.15) is 0 Å². The van der Waals surface area contributed by atoms with Crippen LogP contribution < -0.4 is 10.6 Å². The van der Waals surface area contributed by atoms with E-state index in [9.17, 15) is 13.6 Å². The lowest BCUT2D eigenvalue weighted by molar-refractivity contribution is -0.127. The second kappa shape index (κ2) is 6.31. The zero-order valence-electron chi connectivity index (χ0n) is 11.6. The van der Waals surface area contributed by atoms with Crippen molar-refractivity contribution in [2.45, 2.75) is 32.6 Å². The topological polar surface area (TPSA) is 41.1 Å². The van der Waals surface area contributed by atoms with Gasteiger partial charge < -0.3 is 10.6 Å². The number of halogens is 2. The number of amides is 1. The van der Waals surface area contributed by atoms with E-state index in [2.05, 4.69) is 10.6 Å². The van der Waals surface area contributed by atoms with Crippen LogP contribution in [0.25, 0.3) is 0 Å². The Bertz CT molecular complexity index is 479. The molecule has 0 aromatic heterocycles. The molecule has 0 radical (unpaired) electrons. The molecule has 1 aromatic rings. The summed E-state index contributed by atoms with van der Waals surface area (Å²) in [6, 6.07) is 3.81. The fraction of sp³-hybridized carbons (Fsp3) is 0.533. The number of benzene rings is 1. The predicted octanol–water partition coefficient (Wildman–Crippen LogP) is 3.07. The van der Waals surface area contributed by atoms with E-state index in [0.717, 1.165) is 38.3 Å². The molecular weight excluding hydrogens is 262 g/mol. The Hall–Kier alpha value is -1.49. The third-order valence-corrected chi connectivity index (χ3v) is 3.88. The molecule has 2 N–H and O–H groups in total. The van der Waals surface area contributed by atoms with E-state index >= 15 is 0 Å². The Kier molecular flexibility index (Phi) is 4.70. The molecule has 1 saturated heterocycles. The molecule has 1 unspecified atom stereocenters. The Labute approximate surface area is 117 Å². The molecule has 20 heavy (non-hydrogen) atoms. The van der Waals surface area contributed by atoms with E-state index in [-0.39, 0.29) is 11.6 Å². The predicted molar refractivity (Wildman–Crippen MR) is 74.4 cm³/mol. The van der Waals surface area contributed by atoms with E-state index in [1.54, 1.807) is 0 Å². The molecular formula is C15H20F2N2O.